The Kier molecular flexibility index (Phi) is 8.34. The molecule has 0 fully saturated rings. The molecule has 0 spiro atoms. The van der Waals surface area contributed by atoms with Crippen LogP contribution in [0.1, 0.15) is 52.4 Å². The van der Waals surface area contributed by atoms with Crippen LogP contribution in [0.3, 0.4) is 0 Å². The third-order valence-corrected chi connectivity index (χ3v) is 3.49. The Bertz CT molecular complexity index is 485. The minimum atomic E-state index is -0.302. The van der Waals surface area contributed by atoms with Crippen LogP contribution in [0.4, 0.5) is 0 Å². The zero-order valence-corrected chi connectivity index (χ0v) is 14.6. The minimum absolute atomic E-state index is 0.301. The quantitative estimate of drug-likeness (QED) is 0.364. The van der Waals surface area contributed by atoms with Crippen LogP contribution in [0.2, 0.25) is 0 Å². The lowest BCUT2D eigenvalue weighted by Gasteiger charge is -2.11. The first-order valence-electron chi connectivity index (χ1n) is 7.27. The molecule has 1 aromatic rings. The van der Waals surface area contributed by atoms with Gasteiger partial charge >= 0.3 is 11.9 Å². The maximum atomic E-state index is 11.7. The zero-order valence-electron chi connectivity index (χ0n) is 12.5. The molecule has 0 bridgehead atoms. The SMILES string of the molecule is CCCCC(=O)Oc1ccc(I)cc1OC(=O)CCCC. The number of esters is 2. The molecule has 1 aromatic carbocycles. The highest BCUT2D eigenvalue weighted by atomic mass is 127. The van der Waals surface area contributed by atoms with Crippen LogP contribution in [0, 0.1) is 3.57 Å². The molecule has 21 heavy (non-hydrogen) atoms. The summed E-state index contributed by atoms with van der Waals surface area (Å²) in [4.78, 5) is 23.4. The molecule has 0 aliphatic rings. The molecule has 0 saturated carbocycles. The number of ether oxygens (including phenoxy) is 2. The number of halogens is 1. The van der Waals surface area contributed by atoms with Crippen molar-refractivity contribution in [3.63, 3.8) is 0 Å². The summed E-state index contributed by atoms with van der Waals surface area (Å²) >= 11 is 2.12. The average molecular weight is 404 g/mol. The van der Waals surface area contributed by atoms with Crippen molar-refractivity contribution in [3.05, 3.63) is 21.8 Å². The Morgan fingerprint density at radius 3 is 2.00 bits per heavy atom. The largest absolute Gasteiger partial charge is 0.423 e. The van der Waals surface area contributed by atoms with Crippen LogP contribution >= 0.6 is 22.6 Å². The Morgan fingerprint density at radius 2 is 1.48 bits per heavy atom. The average Bonchev–Trinajstić information content (AvgIpc) is 2.45. The second-order valence-corrected chi connectivity index (χ2v) is 5.99. The molecule has 0 heterocycles. The molecule has 116 valence electrons. The Hall–Kier alpha value is -1.11. The van der Waals surface area contributed by atoms with E-state index in [-0.39, 0.29) is 11.9 Å². The van der Waals surface area contributed by atoms with Crippen molar-refractivity contribution >= 4 is 34.5 Å². The van der Waals surface area contributed by atoms with E-state index in [1.165, 1.54) is 0 Å². The van der Waals surface area contributed by atoms with Crippen LogP contribution in [-0.4, -0.2) is 11.9 Å². The second-order valence-electron chi connectivity index (χ2n) is 4.75. The first-order chi connectivity index (χ1) is 10.1. The van der Waals surface area contributed by atoms with Gasteiger partial charge in [0.2, 0.25) is 0 Å². The van der Waals surface area contributed by atoms with E-state index in [0.29, 0.717) is 24.3 Å². The van der Waals surface area contributed by atoms with Gasteiger partial charge in [-0.05, 0) is 53.6 Å². The maximum absolute atomic E-state index is 11.7. The smallest absolute Gasteiger partial charge is 0.311 e. The van der Waals surface area contributed by atoms with Crippen molar-refractivity contribution in [2.24, 2.45) is 0 Å². The molecule has 0 saturated heterocycles. The highest BCUT2D eigenvalue weighted by molar-refractivity contribution is 14.1. The van der Waals surface area contributed by atoms with Crippen LogP contribution in [-0.2, 0) is 9.59 Å². The van der Waals surface area contributed by atoms with E-state index in [9.17, 15) is 9.59 Å². The van der Waals surface area contributed by atoms with Crippen molar-refractivity contribution in [1.82, 2.24) is 0 Å². The van der Waals surface area contributed by atoms with Crippen LogP contribution in [0.25, 0.3) is 0 Å². The first kappa shape index (κ1) is 17.9. The summed E-state index contributed by atoms with van der Waals surface area (Å²) in [5.41, 5.74) is 0. The van der Waals surface area contributed by atoms with Gasteiger partial charge in [-0.2, -0.15) is 0 Å². The predicted molar refractivity (Wildman–Crippen MR) is 89.5 cm³/mol. The van der Waals surface area contributed by atoms with E-state index in [0.717, 1.165) is 29.3 Å². The van der Waals surface area contributed by atoms with Crippen LogP contribution < -0.4 is 9.47 Å². The molecule has 0 radical (unpaired) electrons. The zero-order chi connectivity index (χ0) is 15.7. The Balaban J connectivity index is 2.74. The number of rotatable bonds is 8. The summed E-state index contributed by atoms with van der Waals surface area (Å²) in [5.74, 6) is 0.0165. The molecule has 0 atom stereocenters. The summed E-state index contributed by atoms with van der Waals surface area (Å²) in [6, 6.07) is 5.17. The molecular weight excluding hydrogens is 383 g/mol. The molecule has 0 aliphatic carbocycles. The highest BCUT2D eigenvalue weighted by Gasteiger charge is 2.14. The summed E-state index contributed by atoms with van der Waals surface area (Å²) in [6.45, 7) is 4.03. The number of hydrogen-bond acceptors (Lipinski definition) is 4. The lowest BCUT2D eigenvalue weighted by Crippen LogP contribution is -2.12. The summed E-state index contributed by atoms with van der Waals surface area (Å²) in [6.07, 6.45) is 4.17. The fourth-order valence-electron chi connectivity index (χ4n) is 1.64. The molecular formula is C16H21IO4. The van der Waals surface area contributed by atoms with Gasteiger partial charge in [-0.25, -0.2) is 0 Å². The van der Waals surface area contributed by atoms with Crippen molar-refractivity contribution in [3.8, 4) is 11.5 Å². The van der Waals surface area contributed by atoms with E-state index >= 15 is 0 Å². The van der Waals surface area contributed by atoms with Crippen LogP contribution in [0.15, 0.2) is 18.2 Å². The van der Waals surface area contributed by atoms with Gasteiger partial charge in [0.15, 0.2) is 11.5 Å². The topological polar surface area (TPSA) is 52.6 Å². The number of carbonyl (C=O) groups is 2. The van der Waals surface area contributed by atoms with E-state index in [1.54, 1.807) is 12.1 Å². The fraction of sp³-hybridized carbons (Fsp3) is 0.500. The maximum Gasteiger partial charge on any atom is 0.311 e. The second kappa shape index (κ2) is 9.76. The lowest BCUT2D eigenvalue weighted by molar-refractivity contribution is -0.137. The molecule has 1 rings (SSSR count). The fourth-order valence-corrected chi connectivity index (χ4v) is 2.10. The van der Waals surface area contributed by atoms with Crippen molar-refractivity contribution in [2.45, 2.75) is 52.4 Å². The van der Waals surface area contributed by atoms with E-state index in [4.69, 9.17) is 9.47 Å². The number of hydrogen-bond donors (Lipinski definition) is 0. The molecule has 4 nitrogen and oxygen atoms in total. The number of carbonyl (C=O) groups excluding carboxylic acids is 2. The van der Waals surface area contributed by atoms with Gasteiger partial charge in [0, 0.05) is 16.4 Å². The number of benzene rings is 1. The molecule has 0 aliphatic heterocycles. The van der Waals surface area contributed by atoms with Gasteiger partial charge in [0.05, 0.1) is 0 Å². The van der Waals surface area contributed by atoms with Crippen molar-refractivity contribution < 1.29 is 19.1 Å². The van der Waals surface area contributed by atoms with Crippen molar-refractivity contribution in [2.75, 3.05) is 0 Å². The lowest BCUT2D eigenvalue weighted by atomic mass is 10.2. The van der Waals surface area contributed by atoms with Gasteiger partial charge < -0.3 is 9.47 Å². The number of unbranched alkanes of at least 4 members (excludes halogenated alkanes) is 2. The van der Waals surface area contributed by atoms with E-state index < -0.39 is 0 Å². The highest BCUT2D eigenvalue weighted by Crippen LogP contribution is 2.30. The van der Waals surface area contributed by atoms with Gasteiger partial charge in [-0.1, -0.05) is 26.7 Å². The summed E-state index contributed by atoms with van der Waals surface area (Å²) in [7, 11) is 0. The van der Waals surface area contributed by atoms with Gasteiger partial charge in [0.25, 0.3) is 0 Å². The van der Waals surface area contributed by atoms with E-state index in [2.05, 4.69) is 22.6 Å². The molecule has 0 N–H and O–H groups in total. The molecule has 0 aromatic heterocycles. The van der Waals surface area contributed by atoms with Crippen molar-refractivity contribution in [1.29, 1.82) is 0 Å². The first-order valence-corrected chi connectivity index (χ1v) is 8.35. The van der Waals surface area contributed by atoms with Crippen LogP contribution in [0.5, 0.6) is 11.5 Å². The third kappa shape index (κ3) is 6.93. The monoisotopic (exact) mass is 404 g/mol. The van der Waals surface area contributed by atoms with E-state index in [1.807, 2.05) is 19.9 Å². The third-order valence-electron chi connectivity index (χ3n) is 2.82. The standard InChI is InChI=1S/C16H21IO4/c1-3-5-7-15(18)20-13-10-9-12(17)11-14(13)21-16(19)8-6-4-2/h9-11H,3-8H2,1-2H3. The Labute approximate surface area is 139 Å². The van der Waals surface area contributed by atoms with Gasteiger partial charge in [-0.15, -0.1) is 0 Å². The summed E-state index contributed by atoms with van der Waals surface area (Å²) < 4.78 is 11.5. The molecule has 0 amide bonds. The van der Waals surface area contributed by atoms with Gasteiger partial charge in [-0.3, -0.25) is 9.59 Å². The summed E-state index contributed by atoms with van der Waals surface area (Å²) in [5, 5.41) is 0. The molecule has 5 heteroatoms. The van der Waals surface area contributed by atoms with Gasteiger partial charge in [0.1, 0.15) is 0 Å². The molecule has 0 unspecified atom stereocenters. The normalized spacial score (nSPS) is 10.2. The predicted octanol–water partition coefficient (Wildman–Crippen LogP) is 4.48. The minimum Gasteiger partial charge on any atom is -0.423 e. The Morgan fingerprint density at radius 1 is 0.952 bits per heavy atom.